The van der Waals surface area contributed by atoms with E-state index in [4.69, 9.17) is 0 Å². The number of aryl methyl sites for hydroxylation is 1. The molecular weight excluding hydrogens is 491 g/mol. The summed E-state index contributed by atoms with van der Waals surface area (Å²) in [7, 11) is 0. The minimum Gasteiger partial charge on any atom is -0.349 e. The van der Waals surface area contributed by atoms with E-state index >= 15 is 0 Å². The maximum absolute atomic E-state index is 14.7. The predicted octanol–water partition coefficient (Wildman–Crippen LogP) is 4.53. The Balaban J connectivity index is 1.67. The molecule has 0 radical (unpaired) electrons. The Bertz CT molecular complexity index is 1360. The summed E-state index contributed by atoms with van der Waals surface area (Å²) < 4.78 is 14.7. The van der Waals surface area contributed by atoms with Crippen LogP contribution in [0.5, 0.6) is 0 Å². The van der Waals surface area contributed by atoms with E-state index in [1.165, 1.54) is 27.1 Å². The Morgan fingerprint density at radius 2 is 1.81 bits per heavy atom. The molecule has 37 heavy (non-hydrogen) atoms. The molecule has 4 aromatic rings. The number of carbonyl (C=O) groups is 2. The minimum atomic E-state index is -0.966. The topological polar surface area (TPSA) is 93.0 Å². The molecule has 1 atom stereocenters. The number of carbonyl (C=O) groups excluding carboxylic acids is 2. The number of hydrogen-bond donors (Lipinski definition) is 1. The van der Waals surface area contributed by atoms with Crippen LogP contribution in [0.2, 0.25) is 0 Å². The third kappa shape index (κ3) is 6.65. The van der Waals surface area contributed by atoms with Crippen LogP contribution in [0.1, 0.15) is 42.8 Å². The highest BCUT2D eigenvalue weighted by molar-refractivity contribution is 7.10. The summed E-state index contributed by atoms with van der Waals surface area (Å²) >= 11 is 1.36. The number of rotatable bonds is 8. The molecule has 2 amide bonds. The number of amides is 2. The van der Waals surface area contributed by atoms with Crippen LogP contribution in [0.25, 0.3) is 11.4 Å². The van der Waals surface area contributed by atoms with Crippen LogP contribution in [0, 0.1) is 12.7 Å². The number of halogens is 1. The molecule has 0 bridgehead atoms. The Kier molecular flexibility index (Phi) is 7.77. The Hall–Kier alpha value is -3.92. The van der Waals surface area contributed by atoms with Crippen molar-refractivity contribution in [3.05, 3.63) is 87.9 Å². The molecule has 8 nitrogen and oxygen atoms in total. The van der Waals surface area contributed by atoms with E-state index in [1.54, 1.807) is 24.3 Å². The van der Waals surface area contributed by atoms with Crippen molar-refractivity contribution in [2.24, 2.45) is 0 Å². The van der Waals surface area contributed by atoms with Crippen LogP contribution in [-0.4, -0.2) is 42.5 Å². The Labute approximate surface area is 219 Å². The largest absolute Gasteiger partial charge is 0.349 e. The first kappa shape index (κ1) is 26.2. The monoisotopic (exact) mass is 520 g/mol. The van der Waals surface area contributed by atoms with Crippen LogP contribution in [-0.2, 0) is 22.7 Å². The normalized spacial score (nSPS) is 12.2. The van der Waals surface area contributed by atoms with Gasteiger partial charge in [0.05, 0.1) is 0 Å². The molecule has 0 fully saturated rings. The second-order valence-corrected chi connectivity index (χ2v) is 10.8. The predicted molar refractivity (Wildman–Crippen MR) is 140 cm³/mol. The Morgan fingerprint density at radius 3 is 2.46 bits per heavy atom. The van der Waals surface area contributed by atoms with Crippen LogP contribution in [0.15, 0.2) is 66.0 Å². The molecule has 0 saturated carbocycles. The third-order valence-electron chi connectivity index (χ3n) is 5.53. The average molecular weight is 521 g/mol. The zero-order valence-electron chi connectivity index (χ0n) is 21.2. The Morgan fingerprint density at radius 1 is 1.08 bits per heavy atom. The highest BCUT2D eigenvalue weighted by Gasteiger charge is 2.34. The molecule has 0 aliphatic heterocycles. The summed E-state index contributed by atoms with van der Waals surface area (Å²) in [5.41, 5.74) is 1.64. The van der Waals surface area contributed by atoms with Crippen molar-refractivity contribution >= 4 is 23.2 Å². The van der Waals surface area contributed by atoms with Crippen molar-refractivity contribution in [2.45, 2.75) is 52.4 Å². The number of nitrogens with zero attached hydrogens (tertiary/aromatic N) is 5. The van der Waals surface area contributed by atoms with Gasteiger partial charge in [-0.1, -0.05) is 54.1 Å². The molecule has 4 rings (SSSR count). The van der Waals surface area contributed by atoms with Gasteiger partial charge in [0.1, 0.15) is 18.4 Å². The lowest BCUT2D eigenvalue weighted by atomic mass is 10.1. The molecule has 2 heterocycles. The first-order valence-electron chi connectivity index (χ1n) is 11.8. The molecule has 0 aliphatic rings. The quantitative estimate of drug-likeness (QED) is 0.368. The maximum atomic E-state index is 14.7. The van der Waals surface area contributed by atoms with Crippen LogP contribution in [0.3, 0.4) is 0 Å². The summed E-state index contributed by atoms with van der Waals surface area (Å²) in [5, 5.41) is 17.3. The highest BCUT2D eigenvalue weighted by Crippen LogP contribution is 2.29. The summed E-state index contributed by atoms with van der Waals surface area (Å²) in [6.45, 7) is 7.21. The van der Waals surface area contributed by atoms with E-state index < -0.39 is 23.3 Å². The van der Waals surface area contributed by atoms with Gasteiger partial charge in [-0.15, -0.1) is 21.5 Å². The summed E-state index contributed by atoms with van der Waals surface area (Å²) in [4.78, 5) is 30.5. The van der Waals surface area contributed by atoms with E-state index in [1.807, 2.05) is 63.4 Å². The van der Waals surface area contributed by atoms with E-state index in [-0.39, 0.29) is 19.0 Å². The lowest BCUT2D eigenvalue weighted by Crippen LogP contribution is -2.49. The standard InChI is InChI=1S/C27H29FN6O2S/c1-18-11-13-19(14-12-18)25-30-32-34(31-25)17-23(35)33(16-20-8-5-6-9-21(20)28)24(22-10-7-15-37-22)26(36)29-27(2,3)4/h5-15,24H,16-17H2,1-4H3,(H,29,36). The smallest absolute Gasteiger partial charge is 0.248 e. The number of aromatic nitrogens is 4. The molecule has 0 aliphatic carbocycles. The van der Waals surface area contributed by atoms with Crippen molar-refractivity contribution < 1.29 is 14.0 Å². The highest BCUT2D eigenvalue weighted by atomic mass is 32.1. The zero-order valence-corrected chi connectivity index (χ0v) is 22.0. The number of nitrogens with one attached hydrogen (secondary N) is 1. The van der Waals surface area contributed by atoms with Crippen molar-refractivity contribution in [3.8, 4) is 11.4 Å². The molecule has 2 aromatic heterocycles. The van der Waals surface area contributed by atoms with Gasteiger partial charge >= 0.3 is 0 Å². The van der Waals surface area contributed by atoms with Gasteiger partial charge in [-0.3, -0.25) is 9.59 Å². The summed E-state index contributed by atoms with van der Waals surface area (Å²) in [5.74, 6) is -0.874. The zero-order chi connectivity index (χ0) is 26.6. The minimum absolute atomic E-state index is 0.106. The van der Waals surface area contributed by atoms with Gasteiger partial charge in [0.2, 0.25) is 17.6 Å². The van der Waals surface area contributed by atoms with Crippen LogP contribution < -0.4 is 5.32 Å². The second kappa shape index (κ2) is 11.0. The number of hydrogen-bond acceptors (Lipinski definition) is 6. The molecule has 10 heteroatoms. The molecule has 1 N–H and O–H groups in total. The fourth-order valence-corrected chi connectivity index (χ4v) is 4.62. The van der Waals surface area contributed by atoms with E-state index in [0.29, 0.717) is 16.3 Å². The molecule has 0 saturated heterocycles. The molecule has 2 aromatic carbocycles. The van der Waals surface area contributed by atoms with Crippen molar-refractivity contribution in [2.75, 3.05) is 0 Å². The SMILES string of the molecule is Cc1ccc(-c2nnn(CC(=O)N(Cc3ccccc3F)C(C(=O)NC(C)(C)C)c3cccs3)n2)cc1. The fourth-order valence-electron chi connectivity index (χ4n) is 3.78. The molecule has 1 unspecified atom stereocenters. The third-order valence-corrected chi connectivity index (χ3v) is 6.45. The van der Waals surface area contributed by atoms with Gasteiger partial charge in [-0.2, -0.15) is 4.80 Å². The number of benzene rings is 2. The van der Waals surface area contributed by atoms with Crippen molar-refractivity contribution in [1.29, 1.82) is 0 Å². The first-order chi connectivity index (χ1) is 17.6. The lowest BCUT2D eigenvalue weighted by Gasteiger charge is -2.33. The first-order valence-corrected chi connectivity index (χ1v) is 12.7. The molecule has 0 spiro atoms. The van der Waals surface area contributed by atoms with Gasteiger partial charge in [-0.25, -0.2) is 4.39 Å². The maximum Gasteiger partial charge on any atom is 0.248 e. The van der Waals surface area contributed by atoms with Gasteiger partial charge in [0, 0.05) is 28.1 Å². The lowest BCUT2D eigenvalue weighted by molar-refractivity contribution is -0.143. The van der Waals surface area contributed by atoms with Crippen LogP contribution in [0.4, 0.5) is 4.39 Å². The van der Waals surface area contributed by atoms with Gasteiger partial charge in [-0.05, 0) is 50.4 Å². The van der Waals surface area contributed by atoms with Crippen molar-refractivity contribution in [3.63, 3.8) is 0 Å². The van der Waals surface area contributed by atoms with E-state index in [9.17, 15) is 14.0 Å². The van der Waals surface area contributed by atoms with Crippen LogP contribution >= 0.6 is 11.3 Å². The van der Waals surface area contributed by atoms with Gasteiger partial charge < -0.3 is 10.2 Å². The van der Waals surface area contributed by atoms with Gasteiger partial charge in [0.25, 0.3) is 0 Å². The summed E-state index contributed by atoms with van der Waals surface area (Å²) in [6.07, 6.45) is 0. The molecule has 192 valence electrons. The second-order valence-electron chi connectivity index (χ2n) is 9.78. The number of tetrazole rings is 1. The summed E-state index contributed by atoms with van der Waals surface area (Å²) in [6, 6.07) is 16.5. The fraction of sp³-hybridized carbons (Fsp3) is 0.296. The van der Waals surface area contributed by atoms with Crippen molar-refractivity contribution in [1.82, 2.24) is 30.4 Å². The average Bonchev–Trinajstić information content (AvgIpc) is 3.52. The van der Waals surface area contributed by atoms with Gasteiger partial charge in [0.15, 0.2) is 0 Å². The molecular formula is C27H29FN6O2S. The number of thiophene rings is 1. The van der Waals surface area contributed by atoms with E-state index in [2.05, 4.69) is 20.7 Å². The van der Waals surface area contributed by atoms with E-state index in [0.717, 1.165) is 11.1 Å².